The Balaban J connectivity index is 1.58. The van der Waals surface area contributed by atoms with E-state index in [1.165, 1.54) is 19.3 Å². The van der Waals surface area contributed by atoms with Crippen LogP contribution < -0.4 is 10.6 Å². The second-order valence-corrected chi connectivity index (χ2v) is 7.07. The molecule has 130 valence electrons. The van der Waals surface area contributed by atoms with Crippen molar-refractivity contribution in [3.63, 3.8) is 0 Å². The predicted octanol–water partition coefficient (Wildman–Crippen LogP) is 3.79. The molecule has 3 amide bonds. The number of amides is 3. The van der Waals surface area contributed by atoms with E-state index in [9.17, 15) is 9.59 Å². The second kappa shape index (κ2) is 7.88. The molecule has 1 unspecified atom stereocenters. The minimum absolute atomic E-state index is 0.00865. The molecule has 1 saturated heterocycles. The van der Waals surface area contributed by atoms with E-state index in [0.29, 0.717) is 17.3 Å². The monoisotopic (exact) mass is 349 g/mol. The molecule has 0 radical (unpaired) electrons. The summed E-state index contributed by atoms with van der Waals surface area (Å²) in [5.74, 6) is -0.00865. The molecule has 1 saturated carbocycles. The Morgan fingerprint density at radius 3 is 2.42 bits per heavy atom. The summed E-state index contributed by atoms with van der Waals surface area (Å²) in [6, 6.07) is 6.66. The second-order valence-electron chi connectivity index (χ2n) is 6.63. The Morgan fingerprint density at radius 1 is 1.00 bits per heavy atom. The van der Waals surface area contributed by atoms with Gasteiger partial charge < -0.3 is 15.5 Å². The number of nitrogens with zero attached hydrogens (tertiary/aromatic N) is 1. The molecule has 24 heavy (non-hydrogen) atoms. The number of hydrogen-bond acceptors (Lipinski definition) is 2. The number of halogens is 1. The summed E-state index contributed by atoms with van der Waals surface area (Å²) in [5.41, 5.74) is 0.683. The molecule has 0 spiro atoms. The molecule has 2 fully saturated rings. The van der Waals surface area contributed by atoms with Crippen molar-refractivity contribution in [1.29, 1.82) is 0 Å². The maximum absolute atomic E-state index is 12.6. The molecule has 2 N–H and O–H groups in total. The molecule has 6 heteroatoms. The minimum Gasteiger partial charge on any atom is -0.352 e. The van der Waals surface area contributed by atoms with Crippen LogP contribution in [0.25, 0.3) is 0 Å². The first-order valence-electron chi connectivity index (χ1n) is 8.77. The number of benzene rings is 1. The predicted molar refractivity (Wildman–Crippen MR) is 95.2 cm³/mol. The first-order chi connectivity index (χ1) is 11.6. The van der Waals surface area contributed by atoms with Crippen molar-refractivity contribution in [3.05, 3.63) is 29.3 Å². The minimum atomic E-state index is -0.362. The van der Waals surface area contributed by atoms with Gasteiger partial charge in [0.2, 0.25) is 5.91 Å². The highest BCUT2D eigenvalue weighted by Crippen LogP contribution is 2.22. The van der Waals surface area contributed by atoms with Gasteiger partial charge in [0, 0.05) is 23.3 Å². The van der Waals surface area contributed by atoms with Gasteiger partial charge in [-0.1, -0.05) is 30.9 Å². The molecular formula is C18H24ClN3O2. The van der Waals surface area contributed by atoms with E-state index in [1.807, 2.05) is 0 Å². The molecule has 0 aromatic heterocycles. The summed E-state index contributed by atoms with van der Waals surface area (Å²) in [7, 11) is 0. The fraction of sp³-hybridized carbons (Fsp3) is 0.556. The molecule has 1 aliphatic heterocycles. The maximum Gasteiger partial charge on any atom is 0.322 e. The Bertz CT molecular complexity index is 584. The molecule has 1 aliphatic carbocycles. The van der Waals surface area contributed by atoms with Gasteiger partial charge in [-0.3, -0.25) is 4.79 Å². The highest BCUT2D eigenvalue weighted by molar-refractivity contribution is 6.30. The highest BCUT2D eigenvalue weighted by Gasteiger charge is 2.35. The van der Waals surface area contributed by atoms with Gasteiger partial charge in [0.1, 0.15) is 6.04 Å². The van der Waals surface area contributed by atoms with Crippen molar-refractivity contribution in [1.82, 2.24) is 10.2 Å². The number of anilines is 1. The summed E-state index contributed by atoms with van der Waals surface area (Å²) >= 11 is 5.86. The molecule has 2 aliphatic rings. The Kier molecular flexibility index (Phi) is 5.61. The van der Waals surface area contributed by atoms with Crippen molar-refractivity contribution >= 4 is 29.2 Å². The highest BCUT2D eigenvalue weighted by atomic mass is 35.5. The van der Waals surface area contributed by atoms with Crippen LogP contribution in [-0.2, 0) is 4.79 Å². The lowest BCUT2D eigenvalue weighted by atomic mass is 9.95. The van der Waals surface area contributed by atoms with E-state index in [4.69, 9.17) is 11.6 Å². The summed E-state index contributed by atoms with van der Waals surface area (Å²) in [6.45, 7) is 0.613. The fourth-order valence-corrected chi connectivity index (χ4v) is 3.68. The lowest BCUT2D eigenvalue weighted by Crippen LogP contribution is -2.50. The molecule has 5 nitrogen and oxygen atoms in total. The lowest BCUT2D eigenvalue weighted by Gasteiger charge is -2.28. The first kappa shape index (κ1) is 17.1. The topological polar surface area (TPSA) is 61.4 Å². The van der Waals surface area contributed by atoms with E-state index in [-0.39, 0.29) is 24.0 Å². The van der Waals surface area contributed by atoms with E-state index < -0.39 is 0 Å². The van der Waals surface area contributed by atoms with Gasteiger partial charge in [0.05, 0.1) is 0 Å². The number of likely N-dealkylation sites (tertiary alicyclic amines) is 1. The van der Waals surface area contributed by atoms with Crippen LogP contribution in [0.3, 0.4) is 0 Å². The van der Waals surface area contributed by atoms with Gasteiger partial charge in [-0.25, -0.2) is 4.79 Å². The SMILES string of the molecule is O=C(NC1CCCCC1)C1CCCN1C(=O)Nc1ccc(Cl)cc1. The van der Waals surface area contributed by atoms with Crippen molar-refractivity contribution in [2.24, 2.45) is 0 Å². The number of nitrogens with one attached hydrogen (secondary N) is 2. The molecule has 1 atom stereocenters. The first-order valence-corrected chi connectivity index (χ1v) is 9.15. The number of carbonyl (C=O) groups excluding carboxylic acids is 2. The van der Waals surface area contributed by atoms with Crippen LogP contribution in [0.4, 0.5) is 10.5 Å². The molecule has 1 aromatic carbocycles. The van der Waals surface area contributed by atoms with Crippen LogP contribution in [-0.4, -0.2) is 35.5 Å². The molecule has 0 bridgehead atoms. The summed E-state index contributed by atoms with van der Waals surface area (Å²) < 4.78 is 0. The standard InChI is InChI=1S/C18H24ClN3O2/c19-13-8-10-15(11-9-13)21-18(24)22-12-4-7-16(22)17(23)20-14-5-2-1-3-6-14/h8-11,14,16H,1-7,12H2,(H,20,23)(H,21,24). The largest absolute Gasteiger partial charge is 0.352 e. The fourth-order valence-electron chi connectivity index (χ4n) is 3.56. The van der Waals surface area contributed by atoms with Crippen LogP contribution >= 0.6 is 11.6 Å². The zero-order valence-electron chi connectivity index (χ0n) is 13.8. The zero-order valence-corrected chi connectivity index (χ0v) is 14.5. The summed E-state index contributed by atoms with van der Waals surface area (Å²) in [5, 5.41) is 6.61. The van der Waals surface area contributed by atoms with Crippen molar-refractivity contribution in [2.45, 2.75) is 57.0 Å². The zero-order chi connectivity index (χ0) is 16.9. The maximum atomic E-state index is 12.6. The molecule has 3 rings (SSSR count). The van der Waals surface area contributed by atoms with E-state index in [2.05, 4.69) is 10.6 Å². The van der Waals surface area contributed by atoms with Crippen LogP contribution in [0.5, 0.6) is 0 Å². The van der Waals surface area contributed by atoms with Crippen molar-refractivity contribution < 1.29 is 9.59 Å². The van der Waals surface area contributed by atoms with Crippen molar-refractivity contribution in [2.75, 3.05) is 11.9 Å². The molecule has 1 aromatic rings. The van der Waals surface area contributed by atoms with Gasteiger partial charge in [0.15, 0.2) is 0 Å². The number of rotatable bonds is 3. The van der Waals surface area contributed by atoms with Crippen molar-refractivity contribution in [3.8, 4) is 0 Å². The summed E-state index contributed by atoms with van der Waals surface area (Å²) in [4.78, 5) is 26.7. The van der Waals surface area contributed by atoms with Crippen LogP contribution in [0.15, 0.2) is 24.3 Å². The normalized spacial score (nSPS) is 21.5. The quantitative estimate of drug-likeness (QED) is 0.872. The summed E-state index contributed by atoms with van der Waals surface area (Å²) in [6.07, 6.45) is 7.30. The van der Waals surface area contributed by atoms with E-state index >= 15 is 0 Å². The van der Waals surface area contributed by atoms with E-state index in [1.54, 1.807) is 29.2 Å². The average molecular weight is 350 g/mol. The van der Waals surface area contributed by atoms with Gasteiger partial charge >= 0.3 is 6.03 Å². The number of carbonyl (C=O) groups is 2. The Hall–Kier alpha value is -1.75. The van der Waals surface area contributed by atoms with Crippen LogP contribution in [0, 0.1) is 0 Å². The van der Waals surface area contributed by atoms with Gasteiger partial charge in [-0.2, -0.15) is 0 Å². The average Bonchev–Trinajstić information content (AvgIpc) is 3.08. The molecule has 1 heterocycles. The van der Waals surface area contributed by atoms with Gasteiger partial charge in [0.25, 0.3) is 0 Å². The van der Waals surface area contributed by atoms with E-state index in [0.717, 1.165) is 25.7 Å². The Morgan fingerprint density at radius 2 is 1.71 bits per heavy atom. The third kappa shape index (κ3) is 4.20. The smallest absolute Gasteiger partial charge is 0.322 e. The lowest BCUT2D eigenvalue weighted by molar-refractivity contribution is -0.125. The van der Waals surface area contributed by atoms with Gasteiger partial charge in [-0.15, -0.1) is 0 Å². The van der Waals surface area contributed by atoms with Crippen LogP contribution in [0.1, 0.15) is 44.9 Å². The Labute approximate surface area is 147 Å². The number of urea groups is 1. The molecular weight excluding hydrogens is 326 g/mol. The number of hydrogen-bond donors (Lipinski definition) is 2. The van der Waals surface area contributed by atoms with Crippen LogP contribution in [0.2, 0.25) is 5.02 Å². The van der Waals surface area contributed by atoms with Gasteiger partial charge in [-0.05, 0) is 49.9 Å². The third-order valence-corrected chi connectivity index (χ3v) is 5.12. The third-order valence-electron chi connectivity index (χ3n) is 4.86.